The van der Waals surface area contributed by atoms with Crippen molar-refractivity contribution in [3.05, 3.63) is 0 Å². The van der Waals surface area contributed by atoms with Crippen molar-refractivity contribution in [1.82, 2.24) is 5.23 Å². The lowest BCUT2D eigenvalue weighted by molar-refractivity contribution is -0.139. The highest BCUT2D eigenvalue weighted by Gasteiger charge is 2.17. The van der Waals surface area contributed by atoms with Gasteiger partial charge in [0.2, 0.25) is 0 Å². The molecule has 0 aliphatic rings. The number of carboxylic acid groups (broad SMARTS) is 1. The minimum atomic E-state index is -0.929. The molecule has 1 radical (unpaired) electrons. The van der Waals surface area contributed by atoms with Crippen molar-refractivity contribution in [2.75, 3.05) is 0 Å². The molecule has 0 bridgehead atoms. The molecule has 0 saturated heterocycles. The normalized spacial score (nSPS) is 12.6. The van der Waals surface area contributed by atoms with Gasteiger partial charge in [-0.05, 0) is 12.3 Å². The fraction of sp³-hybridized carbons (Fsp3) is 0.714. The van der Waals surface area contributed by atoms with E-state index in [-0.39, 0.29) is 0 Å². The van der Waals surface area contributed by atoms with Gasteiger partial charge in [-0.25, -0.2) is 0 Å². The summed E-state index contributed by atoms with van der Waals surface area (Å²) in [6, 6.07) is -0.657. The molecule has 0 unspecified atom stereocenters. The van der Waals surface area contributed by atoms with Gasteiger partial charge in [-0.15, -0.1) is 0 Å². The van der Waals surface area contributed by atoms with Crippen LogP contribution in [-0.4, -0.2) is 30.7 Å². The first-order valence-electron chi connectivity index (χ1n) is 3.83. The summed E-state index contributed by atoms with van der Waals surface area (Å²) < 4.78 is 0. The van der Waals surface area contributed by atoms with Crippen LogP contribution in [0.3, 0.4) is 0 Å². The molecule has 0 aliphatic heterocycles. The molecule has 0 aromatic carbocycles. The van der Waals surface area contributed by atoms with E-state index in [2.05, 4.69) is 5.23 Å². The highest BCUT2D eigenvalue weighted by molar-refractivity contribution is 6.64. The van der Waals surface area contributed by atoms with Gasteiger partial charge in [0.05, 0.1) is 12.2 Å². The fourth-order valence-corrected chi connectivity index (χ4v) is 0.867. The van der Waals surface area contributed by atoms with Gasteiger partial charge in [-0.3, -0.25) is 4.79 Å². The van der Waals surface area contributed by atoms with Gasteiger partial charge in [0, 0.05) is 0 Å². The van der Waals surface area contributed by atoms with Crippen LogP contribution in [-0.2, 0) is 9.59 Å². The van der Waals surface area contributed by atoms with E-state index in [1.165, 1.54) is 0 Å². The molecule has 1 atom stereocenters. The number of aliphatic carboxylic acids is 1. The maximum absolute atomic E-state index is 10.5. The van der Waals surface area contributed by atoms with Crippen molar-refractivity contribution in [1.29, 1.82) is 0 Å². The third kappa shape index (κ3) is 4.90. The first-order chi connectivity index (χ1) is 5.57. The lowest BCUT2D eigenvalue weighted by Crippen LogP contribution is -2.40. The standard InChI is InChI=1S/C7H13BNO3/c1-5(2)3-6(7(11)12)9-8-4-10/h4-6,9H,3H2,1-2H3,(H,11,12)/t6-/m0/s1. The van der Waals surface area contributed by atoms with E-state index >= 15 is 0 Å². The molecular weight excluding hydrogens is 157 g/mol. The average Bonchev–Trinajstić information content (AvgIpc) is 1.96. The Morgan fingerprint density at radius 2 is 2.25 bits per heavy atom. The van der Waals surface area contributed by atoms with Crippen LogP contribution in [0.25, 0.3) is 0 Å². The van der Waals surface area contributed by atoms with Crippen molar-refractivity contribution >= 4 is 19.6 Å². The topological polar surface area (TPSA) is 66.4 Å². The second-order valence-corrected chi connectivity index (χ2v) is 2.99. The lowest BCUT2D eigenvalue weighted by atomic mass is 9.93. The van der Waals surface area contributed by atoms with Crippen LogP contribution >= 0.6 is 0 Å². The number of rotatable bonds is 6. The second-order valence-electron chi connectivity index (χ2n) is 2.99. The number of carboxylic acids is 1. The Morgan fingerprint density at radius 1 is 1.67 bits per heavy atom. The van der Waals surface area contributed by atoms with Crippen LogP contribution < -0.4 is 5.23 Å². The monoisotopic (exact) mass is 170 g/mol. The van der Waals surface area contributed by atoms with Crippen molar-refractivity contribution < 1.29 is 14.7 Å². The molecule has 0 aromatic rings. The fourth-order valence-electron chi connectivity index (χ4n) is 0.867. The van der Waals surface area contributed by atoms with E-state index in [9.17, 15) is 9.59 Å². The summed E-state index contributed by atoms with van der Waals surface area (Å²) in [5.74, 6) is -0.638. The Hall–Kier alpha value is -0.835. The predicted molar refractivity (Wildman–Crippen MR) is 46.5 cm³/mol. The summed E-state index contributed by atoms with van der Waals surface area (Å²) in [6.07, 6.45) is 1.05. The third-order valence-corrected chi connectivity index (χ3v) is 1.37. The van der Waals surface area contributed by atoms with Gasteiger partial charge in [0.25, 0.3) is 7.41 Å². The van der Waals surface area contributed by atoms with E-state index in [0.717, 1.165) is 7.41 Å². The van der Waals surface area contributed by atoms with E-state index in [4.69, 9.17) is 5.11 Å². The maximum Gasteiger partial charge on any atom is 0.319 e. The largest absolute Gasteiger partial charge is 0.480 e. The molecule has 0 saturated carbocycles. The highest BCUT2D eigenvalue weighted by Crippen LogP contribution is 2.03. The Kier molecular flexibility index (Phi) is 5.37. The molecule has 4 nitrogen and oxygen atoms in total. The van der Waals surface area contributed by atoms with Crippen molar-refractivity contribution in [2.45, 2.75) is 26.3 Å². The first kappa shape index (κ1) is 11.2. The summed E-state index contributed by atoms with van der Waals surface area (Å²) in [5, 5.41) is 11.2. The zero-order valence-corrected chi connectivity index (χ0v) is 7.28. The SMILES string of the molecule is CC(C)C[C@H](N[B]C=O)C(=O)O. The van der Waals surface area contributed by atoms with Gasteiger partial charge in [-0.1, -0.05) is 13.8 Å². The maximum atomic E-state index is 10.5. The van der Waals surface area contributed by atoms with Crippen LogP contribution in [0.15, 0.2) is 0 Å². The Labute approximate surface area is 72.6 Å². The molecule has 0 aliphatic carbocycles. The Balaban J connectivity index is 3.86. The van der Waals surface area contributed by atoms with Gasteiger partial charge >= 0.3 is 5.97 Å². The molecule has 12 heavy (non-hydrogen) atoms. The molecule has 67 valence electrons. The molecule has 0 rings (SSSR count). The summed E-state index contributed by atoms with van der Waals surface area (Å²) >= 11 is 0. The number of carbonyl (C=O) groups excluding carboxylic acids is 1. The summed E-state index contributed by atoms with van der Waals surface area (Å²) in [6.45, 7) is 3.86. The summed E-state index contributed by atoms with van der Waals surface area (Å²) in [7, 11) is 1.11. The van der Waals surface area contributed by atoms with Crippen molar-refractivity contribution in [3.63, 3.8) is 0 Å². The third-order valence-electron chi connectivity index (χ3n) is 1.37. The highest BCUT2D eigenvalue weighted by atomic mass is 16.4. The van der Waals surface area contributed by atoms with E-state index in [1.54, 1.807) is 0 Å². The van der Waals surface area contributed by atoms with Crippen LogP contribution in [0, 0.1) is 5.92 Å². The summed E-state index contributed by atoms with van der Waals surface area (Å²) in [4.78, 5) is 20.4. The van der Waals surface area contributed by atoms with Crippen molar-refractivity contribution in [2.24, 2.45) is 5.92 Å². The number of hydrogen-bond donors (Lipinski definition) is 2. The number of carbonyl (C=O) groups is 2. The zero-order valence-electron chi connectivity index (χ0n) is 7.28. The molecule has 2 N–H and O–H groups in total. The number of hydrogen-bond acceptors (Lipinski definition) is 3. The first-order valence-corrected chi connectivity index (χ1v) is 3.83. The molecular formula is C7H13BNO3. The van der Waals surface area contributed by atoms with E-state index in [0.29, 0.717) is 18.5 Å². The van der Waals surface area contributed by atoms with E-state index in [1.807, 2.05) is 13.8 Å². The Bertz CT molecular complexity index is 161. The second kappa shape index (κ2) is 5.77. The van der Waals surface area contributed by atoms with Gasteiger partial charge < -0.3 is 15.1 Å². The molecule has 0 spiro atoms. The van der Waals surface area contributed by atoms with E-state index < -0.39 is 12.0 Å². The van der Waals surface area contributed by atoms with Crippen molar-refractivity contribution in [3.8, 4) is 0 Å². The Morgan fingerprint density at radius 3 is 2.58 bits per heavy atom. The minimum Gasteiger partial charge on any atom is -0.480 e. The average molecular weight is 170 g/mol. The molecule has 0 fully saturated rings. The molecule has 0 amide bonds. The minimum absolute atomic E-state index is 0.290. The van der Waals surface area contributed by atoms with Gasteiger partial charge in [0.1, 0.15) is 0 Å². The zero-order chi connectivity index (χ0) is 9.56. The quantitative estimate of drug-likeness (QED) is 0.431. The molecule has 0 heterocycles. The smallest absolute Gasteiger partial charge is 0.319 e. The predicted octanol–water partition coefficient (Wildman–Crippen LogP) is -0.115. The number of nitrogens with one attached hydrogen (secondary N) is 1. The molecule has 0 aromatic heterocycles. The van der Waals surface area contributed by atoms with Crippen LogP contribution in [0.4, 0.5) is 0 Å². The van der Waals surface area contributed by atoms with Crippen LogP contribution in [0.5, 0.6) is 0 Å². The molecule has 5 heteroatoms. The van der Waals surface area contributed by atoms with Crippen LogP contribution in [0.1, 0.15) is 20.3 Å². The van der Waals surface area contributed by atoms with Gasteiger partial charge in [-0.2, -0.15) is 0 Å². The van der Waals surface area contributed by atoms with Gasteiger partial charge in [0.15, 0.2) is 0 Å². The lowest BCUT2D eigenvalue weighted by Gasteiger charge is -2.14. The summed E-state index contributed by atoms with van der Waals surface area (Å²) in [5.41, 5.74) is 0. The van der Waals surface area contributed by atoms with Crippen LogP contribution in [0.2, 0.25) is 0 Å².